The first-order chi connectivity index (χ1) is 6.86. The monoisotopic (exact) mass is 215 g/mol. The van der Waals surface area contributed by atoms with E-state index >= 15 is 0 Å². The van der Waals surface area contributed by atoms with Crippen molar-refractivity contribution >= 4 is 11.6 Å². The highest BCUT2D eigenvalue weighted by atomic mass is 35.5. The summed E-state index contributed by atoms with van der Waals surface area (Å²) in [4.78, 5) is 0. The van der Waals surface area contributed by atoms with Gasteiger partial charge in [0.2, 0.25) is 6.33 Å². The molecule has 3 heteroatoms. The lowest BCUT2D eigenvalue weighted by Crippen LogP contribution is -2.30. The van der Waals surface area contributed by atoms with Crippen LogP contribution >= 0.6 is 11.6 Å². The van der Waals surface area contributed by atoms with Gasteiger partial charge >= 0.3 is 0 Å². The van der Waals surface area contributed by atoms with Crippen molar-refractivity contribution in [2.75, 3.05) is 5.88 Å². The smallest absolute Gasteiger partial charge is 0.237 e. The summed E-state index contributed by atoms with van der Waals surface area (Å²) in [5.74, 6) is 0.685. The third kappa shape index (κ3) is 4.14. The predicted molar refractivity (Wildman–Crippen MR) is 59.5 cm³/mol. The number of alkyl halides is 1. The van der Waals surface area contributed by atoms with Gasteiger partial charge in [0.1, 0.15) is 18.9 Å². The van der Waals surface area contributed by atoms with Crippen LogP contribution < -0.4 is 4.57 Å². The maximum absolute atomic E-state index is 5.66. The Morgan fingerprint density at radius 2 is 2.14 bits per heavy atom. The van der Waals surface area contributed by atoms with Gasteiger partial charge in [0.15, 0.2) is 0 Å². The Bertz CT molecular complexity index is 245. The zero-order chi connectivity index (χ0) is 10.2. The van der Waals surface area contributed by atoms with Crippen molar-refractivity contribution in [3.05, 3.63) is 18.7 Å². The summed E-state index contributed by atoms with van der Waals surface area (Å²) < 4.78 is 4.37. The molecule has 1 aromatic rings. The normalized spacial score (nSPS) is 10.7. The Kier molecular flexibility index (Phi) is 5.69. The second-order valence-corrected chi connectivity index (χ2v) is 4.02. The molecule has 0 amide bonds. The molecule has 0 saturated carbocycles. The van der Waals surface area contributed by atoms with Crippen LogP contribution in [0.3, 0.4) is 0 Å². The largest absolute Gasteiger partial charge is 0.243 e. The van der Waals surface area contributed by atoms with Crippen LogP contribution in [0.2, 0.25) is 0 Å². The molecule has 0 aliphatic rings. The van der Waals surface area contributed by atoms with Crippen LogP contribution in [0.25, 0.3) is 0 Å². The number of imidazole rings is 1. The summed E-state index contributed by atoms with van der Waals surface area (Å²) in [7, 11) is 0. The number of aryl methyl sites for hydroxylation is 2. The van der Waals surface area contributed by atoms with Gasteiger partial charge < -0.3 is 0 Å². The van der Waals surface area contributed by atoms with E-state index in [1.807, 2.05) is 0 Å². The molecule has 0 fully saturated rings. The summed E-state index contributed by atoms with van der Waals surface area (Å²) in [6, 6.07) is 0. The lowest BCUT2D eigenvalue weighted by atomic mass is 10.2. The second-order valence-electron chi connectivity index (χ2n) is 3.64. The number of hydrogen-bond acceptors (Lipinski definition) is 0. The third-order valence-corrected chi connectivity index (χ3v) is 2.53. The summed E-state index contributed by atoms with van der Waals surface area (Å²) in [6.45, 7) is 4.28. The second kappa shape index (κ2) is 6.88. The van der Waals surface area contributed by atoms with E-state index in [1.54, 1.807) is 0 Å². The molecule has 0 bridgehead atoms. The average Bonchev–Trinajstić information content (AvgIpc) is 2.61. The van der Waals surface area contributed by atoms with Gasteiger partial charge in [-0.25, -0.2) is 9.13 Å². The maximum Gasteiger partial charge on any atom is 0.243 e. The Morgan fingerprint density at radius 1 is 1.29 bits per heavy atom. The van der Waals surface area contributed by atoms with E-state index in [9.17, 15) is 0 Å². The quantitative estimate of drug-likeness (QED) is 0.376. The number of nitrogens with zero attached hydrogens (tertiary/aromatic N) is 2. The molecule has 2 nitrogen and oxygen atoms in total. The molecule has 1 heterocycles. The first-order valence-electron chi connectivity index (χ1n) is 5.47. The van der Waals surface area contributed by atoms with E-state index in [0.717, 1.165) is 13.1 Å². The molecule has 0 aliphatic heterocycles. The number of unbranched alkanes of at least 4 members (excludes halogenated alkanes) is 3. The van der Waals surface area contributed by atoms with Gasteiger partial charge in [-0.15, -0.1) is 11.6 Å². The van der Waals surface area contributed by atoms with Gasteiger partial charge in [-0.05, 0) is 12.8 Å². The van der Waals surface area contributed by atoms with Crippen LogP contribution in [-0.4, -0.2) is 10.4 Å². The molecule has 80 valence electrons. The molecule has 0 aliphatic carbocycles. The summed E-state index contributed by atoms with van der Waals surface area (Å²) in [6.07, 6.45) is 11.6. The fourth-order valence-electron chi connectivity index (χ4n) is 1.52. The lowest BCUT2D eigenvalue weighted by molar-refractivity contribution is -0.696. The Balaban J connectivity index is 2.22. The molecular weight excluding hydrogens is 196 g/mol. The Hall–Kier alpha value is -0.500. The lowest BCUT2D eigenvalue weighted by Gasteiger charge is -1.96. The highest BCUT2D eigenvalue weighted by Crippen LogP contribution is 1.98. The van der Waals surface area contributed by atoms with E-state index in [-0.39, 0.29) is 0 Å². The fraction of sp³-hybridized carbons (Fsp3) is 0.727. The number of halogens is 1. The number of aromatic nitrogens is 2. The highest BCUT2D eigenvalue weighted by Gasteiger charge is 2.01. The van der Waals surface area contributed by atoms with Crippen molar-refractivity contribution in [1.29, 1.82) is 0 Å². The van der Waals surface area contributed by atoms with Crippen LogP contribution in [-0.2, 0) is 13.1 Å². The molecule has 0 saturated heterocycles. The highest BCUT2D eigenvalue weighted by molar-refractivity contribution is 6.17. The first-order valence-corrected chi connectivity index (χ1v) is 6.01. The van der Waals surface area contributed by atoms with Crippen LogP contribution in [0.1, 0.15) is 32.6 Å². The van der Waals surface area contributed by atoms with Crippen LogP contribution in [0.15, 0.2) is 18.7 Å². The predicted octanol–water partition coefficient (Wildman–Crippen LogP) is 2.59. The van der Waals surface area contributed by atoms with Crippen LogP contribution in [0, 0.1) is 0 Å². The van der Waals surface area contributed by atoms with Gasteiger partial charge in [0, 0.05) is 0 Å². The molecule has 0 unspecified atom stereocenters. The minimum atomic E-state index is 0.685. The molecular formula is C11H20ClN2+. The van der Waals surface area contributed by atoms with Crippen LogP contribution in [0.5, 0.6) is 0 Å². The topological polar surface area (TPSA) is 8.81 Å². The molecule has 14 heavy (non-hydrogen) atoms. The maximum atomic E-state index is 5.66. The average molecular weight is 216 g/mol. The van der Waals surface area contributed by atoms with Crippen molar-refractivity contribution < 1.29 is 4.57 Å². The Labute approximate surface area is 91.5 Å². The zero-order valence-electron chi connectivity index (χ0n) is 8.95. The van der Waals surface area contributed by atoms with Crippen molar-refractivity contribution in [2.24, 2.45) is 0 Å². The molecule has 0 spiro atoms. The molecule has 0 aromatic carbocycles. The molecule has 0 radical (unpaired) electrons. The first kappa shape index (κ1) is 11.6. The molecule has 1 aromatic heterocycles. The van der Waals surface area contributed by atoms with Gasteiger partial charge in [-0.1, -0.05) is 19.8 Å². The van der Waals surface area contributed by atoms with Crippen molar-refractivity contribution in [1.82, 2.24) is 4.57 Å². The van der Waals surface area contributed by atoms with E-state index in [4.69, 9.17) is 11.6 Å². The minimum Gasteiger partial charge on any atom is -0.237 e. The van der Waals surface area contributed by atoms with Crippen LogP contribution in [0.4, 0.5) is 0 Å². The zero-order valence-corrected chi connectivity index (χ0v) is 9.71. The third-order valence-electron chi connectivity index (χ3n) is 2.36. The number of hydrogen-bond donors (Lipinski definition) is 0. The van der Waals surface area contributed by atoms with Crippen molar-refractivity contribution in [3.8, 4) is 0 Å². The van der Waals surface area contributed by atoms with Crippen molar-refractivity contribution in [2.45, 2.75) is 45.7 Å². The summed E-state index contributed by atoms with van der Waals surface area (Å²) in [5.41, 5.74) is 0. The number of rotatable bonds is 7. The molecule has 0 atom stereocenters. The minimum absolute atomic E-state index is 0.685. The molecule has 0 N–H and O–H groups in total. The van der Waals surface area contributed by atoms with Gasteiger partial charge in [0.05, 0.1) is 12.4 Å². The van der Waals surface area contributed by atoms with Gasteiger partial charge in [-0.3, -0.25) is 0 Å². The van der Waals surface area contributed by atoms with E-state index in [1.165, 1.54) is 25.7 Å². The van der Waals surface area contributed by atoms with E-state index in [0.29, 0.717) is 5.88 Å². The van der Waals surface area contributed by atoms with E-state index < -0.39 is 0 Å². The molecule has 1 rings (SSSR count). The fourth-order valence-corrected chi connectivity index (χ4v) is 1.72. The van der Waals surface area contributed by atoms with E-state index in [2.05, 4.69) is 34.8 Å². The SMILES string of the molecule is CCCCCC[n+]1ccn(CCCl)c1. The van der Waals surface area contributed by atoms with Gasteiger partial charge in [-0.2, -0.15) is 0 Å². The Morgan fingerprint density at radius 3 is 2.86 bits per heavy atom. The summed E-state index contributed by atoms with van der Waals surface area (Å²) in [5, 5.41) is 0. The standard InChI is InChI=1S/C11H20ClN2/c1-2-3-4-5-7-13-9-10-14(11-13)8-6-12/h9-11H,2-8H2,1H3/q+1. The van der Waals surface area contributed by atoms with Crippen molar-refractivity contribution in [3.63, 3.8) is 0 Å². The van der Waals surface area contributed by atoms with Gasteiger partial charge in [0.25, 0.3) is 0 Å². The summed E-state index contributed by atoms with van der Waals surface area (Å²) >= 11 is 5.66.